The number of aliphatic hydroxyl groups is 1. The van der Waals surface area contributed by atoms with Crippen molar-refractivity contribution in [3.8, 4) is 0 Å². The summed E-state index contributed by atoms with van der Waals surface area (Å²) in [4.78, 5) is 166. The Kier molecular flexibility index (Phi) is 28.9. The lowest BCUT2D eigenvalue weighted by Crippen LogP contribution is -2.60. The maximum atomic E-state index is 14.8. The Morgan fingerprint density at radius 3 is 1.95 bits per heavy atom. The molecule has 93 heavy (non-hydrogen) atoms. The van der Waals surface area contributed by atoms with Gasteiger partial charge >= 0.3 is 12.1 Å². The molecule has 2 fully saturated rings. The SMILES string of the molecule is CC[C@H](C)[C@@H]([C@@H](CC(=O)N1CCC[C@H]1[C@H](OC)[C@@H](C)C(=O)N[C@H](C)[C@@H](O)c1ccccc1)OC)N(C)C(=O)[C@@H](NC(=O)[C@H](C(C)C)N(C)C(=O)OCc1ccc(NC(=O)[C@H](CCC(=O)O)NC(=O)CNC(=O)[C@@H]2CCCN2C(=O)CCN2C(=O)C=CC2=O)cc1)C(C)C. The fourth-order valence-corrected chi connectivity index (χ4v) is 12.3. The molecular weight excluding hydrogens is 1200 g/mol. The number of hydrogen-bond donors (Lipinski definition) is 7. The van der Waals surface area contributed by atoms with E-state index in [4.69, 9.17) is 14.2 Å². The number of aliphatic carboxylic acids is 1. The third-order valence-electron chi connectivity index (χ3n) is 17.7. The number of carboxylic acids is 1. The Hall–Kier alpha value is -8.30. The number of nitrogens with one attached hydrogen (secondary N) is 5. The third-order valence-corrected chi connectivity index (χ3v) is 17.7. The molecule has 0 aliphatic carbocycles. The van der Waals surface area contributed by atoms with E-state index >= 15 is 0 Å². The van der Waals surface area contributed by atoms with Crippen LogP contribution < -0.4 is 26.6 Å². The van der Waals surface area contributed by atoms with E-state index in [2.05, 4.69) is 26.6 Å². The molecule has 0 spiro atoms. The molecule has 0 saturated carbocycles. The van der Waals surface area contributed by atoms with Crippen molar-refractivity contribution in [1.29, 1.82) is 0 Å². The van der Waals surface area contributed by atoms with Gasteiger partial charge in [-0.3, -0.25) is 62.5 Å². The van der Waals surface area contributed by atoms with Crippen LogP contribution in [0.3, 0.4) is 0 Å². The monoisotopic (exact) mass is 1300 g/mol. The molecule has 7 N–H and O–H groups in total. The number of amides is 11. The molecular formula is C66H96N10O17. The molecule has 0 radical (unpaired) electrons. The molecule has 12 atom stereocenters. The Labute approximate surface area is 544 Å². The second-order valence-electron chi connectivity index (χ2n) is 24.9. The smallest absolute Gasteiger partial charge is 0.410 e. The number of hydrogen-bond acceptors (Lipinski definition) is 16. The van der Waals surface area contributed by atoms with Crippen molar-refractivity contribution in [2.24, 2.45) is 23.7 Å². The summed E-state index contributed by atoms with van der Waals surface area (Å²) in [6, 6.07) is 8.95. The van der Waals surface area contributed by atoms with Gasteiger partial charge in [-0.2, -0.15) is 0 Å². The maximum Gasteiger partial charge on any atom is 0.410 e. The van der Waals surface area contributed by atoms with Crippen molar-refractivity contribution in [1.82, 2.24) is 45.8 Å². The minimum absolute atomic E-state index is 0.102. The number of carbonyl (C=O) groups excluding carboxylic acids is 11. The van der Waals surface area contributed by atoms with Gasteiger partial charge in [0.1, 0.15) is 30.8 Å². The molecule has 5 rings (SSSR count). The van der Waals surface area contributed by atoms with E-state index in [0.717, 1.165) is 22.0 Å². The van der Waals surface area contributed by atoms with Crippen molar-refractivity contribution in [3.05, 3.63) is 77.9 Å². The summed E-state index contributed by atoms with van der Waals surface area (Å²) in [5, 5.41) is 33.8. The second kappa shape index (κ2) is 35.7. The summed E-state index contributed by atoms with van der Waals surface area (Å²) in [7, 11) is 6.02. The van der Waals surface area contributed by atoms with Crippen molar-refractivity contribution in [3.63, 3.8) is 0 Å². The molecule has 0 bridgehead atoms. The van der Waals surface area contributed by atoms with Gasteiger partial charge in [0.25, 0.3) is 11.8 Å². The fourth-order valence-electron chi connectivity index (χ4n) is 12.3. The van der Waals surface area contributed by atoms with Crippen molar-refractivity contribution >= 4 is 76.8 Å². The summed E-state index contributed by atoms with van der Waals surface area (Å²) in [6.45, 7) is 14.1. The van der Waals surface area contributed by atoms with Crippen LogP contribution in [0.15, 0.2) is 66.7 Å². The predicted molar refractivity (Wildman–Crippen MR) is 341 cm³/mol. The zero-order valence-corrected chi connectivity index (χ0v) is 55.6. The minimum atomic E-state index is -1.35. The average Bonchev–Trinajstić information content (AvgIpc) is 1.87. The van der Waals surface area contributed by atoms with E-state index in [1.54, 1.807) is 77.8 Å². The van der Waals surface area contributed by atoms with E-state index in [1.165, 1.54) is 43.2 Å². The summed E-state index contributed by atoms with van der Waals surface area (Å²) in [5.41, 5.74) is 1.38. The quantitative estimate of drug-likeness (QED) is 0.0494. The maximum absolute atomic E-state index is 14.8. The second-order valence-corrected chi connectivity index (χ2v) is 24.9. The number of methoxy groups -OCH3 is 2. The highest BCUT2D eigenvalue weighted by Crippen LogP contribution is 2.31. The van der Waals surface area contributed by atoms with E-state index in [1.807, 2.05) is 32.0 Å². The predicted octanol–water partition coefficient (Wildman–Crippen LogP) is 3.29. The number of imide groups is 1. The van der Waals surface area contributed by atoms with Crippen molar-refractivity contribution < 1.29 is 82.0 Å². The summed E-state index contributed by atoms with van der Waals surface area (Å²) >= 11 is 0. The molecule has 27 nitrogen and oxygen atoms in total. The molecule has 2 saturated heterocycles. The van der Waals surface area contributed by atoms with Crippen LogP contribution in [0.25, 0.3) is 0 Å². The normalized spacial score (nSPS) is 18.7. The van der Waals surface area contributed by atoms with Crippen molar-refractivity contribution in [2.75, 3.05) is 59.8 Å². The number of nitrogens with zero attached hydrogens (tertiary/aromatic N) is 5. The highest BCUT2D eigenvalue weighted by Gasteiger charge is 2.44. The van der Waals surface area contributed by atoms with E-state index in [9.17, 15) is 67.7 Å². The number of rotatable bonds is 34. The Balaban J connectivity index is 1.15. The topological polar surface area (TPSA) is 349 Å². The first-order valence-electron chi connectivity index (χ1n) is 31.9. The number of ether oxygens (including phenoxy) is 3. The van der Waals surface area contributed by atoms with Gasteiger partial charge in [0.05, 0.1) is 55.3 Å². The molecule has 2 aromatic rings. The van der Waals surface area contributed by atoms with Crippen LogP contribution in [0.2, 0.25) is 0 Å². The van der Waals surface area contributed by atoms with Crippen LogP contribution in [-0.4, -0.2) is 215 Å². The first-order chi connectivity index (χ1) is 44.0. The average molecular weight is 1300 g/mol. The zero-order chi connectivity index (χ0) is 69.0. The standard InChI is InChI=1S/C66H96N10O17/c1-13-40(6)58(49(91-11)35-54(81)74-32-17-21-47(74)60(92-12)41(7)61(85)68-42(8)59(84)44-19-15-14-16-20-44)72(9)65(89)56(38(2)3)71-64(88)57(39(4)5)73(10)66(90)93-37-43-23-25-45(26-24-43)69-62(86)46(27-30-55(82)83)70-50(77)36-67-63(87)48-22-18-33-75(48)53(80)31-34-76-51(78)28-29-52(76)79/h14-16,19-20,23-26,28-29,38-42,46-49,56-60,84H,13,17-18,21-22,27,30-37H2,1-12H3,(H,67,87)(H,68,85)(H,69,86)(H,70,77)(H,71,88)(H,82,83)/t40-,41+,42+,46-,47-,48-,49+,56-,57-,58-,59+,60+/m0/s1. The Morgan fingerprint density at radius 2 is 1.35 bits per heavy atom. The van der Waals surface area contributed by atoms with Gasteiger partial charge in [-0.05, 0) is 80.0 Å². The molecule has 11 amide bonds. The lowest BCUT2D eigenvalue weighted by Gasteiger charge is -2.41. The largest absolute Gasteiger partial charge is 0.481 e. The Bertz CT molecular complexity index is 2960. The van der Waals surface area contributed by atoms with Crippen LogP contribution in [-0.2, 0) is 73.6 Å². The highest BCUT2D eigenvalue weighted by molar-refractivity contribution is 6.13. The molecule has 27 heteroatoms. The van der Waals surface area contributed by atoms with Crippen LogP contribution in [0, 0.1) is 23.7 Å². The molecule has 3 heterocycles. The molecule has 0 unspecified atom stereocenters. The number of anilines is 1. The first-order valence-corrected chi connectivity index (χ1v) is 31.9. The van der Waals surface area contributed by atoms with Gasteiger partial charge in [0, 0.05) is 78.6 Å². The number of likely N-dealkylation sites (tertiary alicyclic amines) is 2. The van der Waals surface area contributed by atoms with Crippen LogP contribution >= 0.6 is 0 Å². The van der Waals surface area contributed by atoms with Crippen LogP contribution in [0.4, 0.5) is 10.5 Å². The van der Waals surface area contributed by atoms with Gasteiger partial charge < -0.3 is 65.7 Å². The fraction of sp³-hybridized carbons (Fsp3) is 0.606. The molecule has 0 aromatic heterocycles. The van der Waals surface area contributed by atoms with Gasteiger partial charge in [0.2, 0.25) is 47.3 Å². The van der Waals surface area contributed by atoms with Crippen LogP contribution in [0.1, 0.15) is 130 Å². The summed E-state index contributed by atoms with van der Waals surface area (Å²) in [5.74, 6) is -8.41. The number of carboxylic acid groups (broad SMARTS) is 1. The number of aliphatic hydroxyl groups excluding tert-OH is 1. The van der Waals surface area contributed by atoms with E-state index in [0.29, 0.717) is 49.8 Å². The molecule has 3 aliphatic rings. The Morgan fingerprint density at radius 1 is 0.720 bits per heavy atom. The molecule has 512 valence electrons. The number of carbonyl (C=O) groups is 12. The summed E-state index contributed by atoms with van der Waals surface area (Å²) < 4.78 is 17.7. The number of benzene rings is 2. The van der Waals surface area contributed by atoms with E-state index in [-0.39, 0.29) is 62.4 Å². The third kappa shape index (κ3) is 20.6. The van der Waals surface area contributed by atoms with Gasteiger partial charge in [-0.1, -0.05) is 97.4 Å². The van der Waals surface area contributed by atoms with Gasteiger partial charge in [-0.15, -0.1) is 0 Å². The lowest BCUT2D eigenvalue weighted by atomic mass is 9.89. The minimum Gasteiger partial charge on any atom is -0.481 e. The summed E-state index contributed by atoms with van der Waals surface area (Å²) in [6.07, 6.45) is 0.490. The highest BCUT2D eigenvalue weighted by atomic mass is 16.6. The van der Waals surface area contributed by atoms with Gasteiger partial charge in [-0.25, -0.2) is 4.79 Å². The van der Waals surface area contributed by atoms with Crippen LogP contribution in [0.5, 0.6) is 0 Å². The van der Waals surface area contributed by atoms with E-state index < -0.39 is 151 Å². The van der Waals surface area contributed by atoms with Gasteiger partial charge in [0.15, 0.2) is 0 Å². The lowest BCUT2D eigenvalue weighted by molar-refractivity contribution is -0.148. The molecule has 3 aliphatic heterocycles. The molecule has 2 aromatic carbocycles. The van der Waals surface area contributed by atoms with Crippen molar-refractivity contribution in [2.45, 2.75) is 180 Å². The number of likely N-dealkylation sites (N-methyl/N-ethyl adjacent to an activating group) is 2. The zero-order valence-electron chi connectivity index (χ0n) is 55.6. The first kappa shape index (κ1) is 75.4.